The van der Waals surface area contributed by atoms with E-state index in [1.165, 1.54) is 0 Å². The Morgan fingerprint density at radius 1 is 1.25 bits per heavy atom. The normalized spacial score (nSPS) is 29.0. The summed E-state index contributed by atoms with van der Waals surface area (Å²) in [6.45, 7) is 0. The molecule has 0 saturated carbocycles. The lowest BCUT2D eigenvalue weighted by atomic mass is 9.89. The van der Waals surface area contributed by atoms with Crippen molar-refractivity contribution in [1.29, 1.82) is 0 Å². The molecule has 16 heavy (non-hydrogen) atoms. The van der Waals surface area contributed by atoms with Crippen LogP contribution in [0.4, 0.5) is 0 Å². The molecule has 0 heterocycles. The zero-order chi connectivity index (χ0) is 11.8. The van der Waals surface area contributed by atoms with Crippen LogP contribution in [0, 0.1) is 0 Å². The van der Waals surface area contributed by atoms with Gasteiger partial charge in [-0.3, -0.25) is 0 Å². The van der Waals surface area contributed by atoms with E-state index in [1.54, 1.807) is 12.1 Å². The number of allylic oxidation sites excluding steroid dienone is 2. The molecule has 1 aromatic carbocycles. The number of benzene rings is 1. The number of hydrogen-bond donors (Lipinski definition) is 2. The Bertz CT molecular complexity index is 464. The summed E-state index contributed by atoms with van der Waals surface area (Å²) in [7, 11) is 0. The van der Waals surface area contributed by atoms with Crippen LogP contribution < -0.4 is 11.5 Å². The summed E-state index contributed by atoms with van der Waals surface area (Å²) in [5.74, 6) is 0. The quantitative estimate of drug-likeness (QED) is 0.598. The van der Waals surface area contributed by atoms with E-state index in [2.05, 4.69) is 0 Å². The van der Waals surface area contributed by atoms with Gasteiger partial charge in [0.2, 0.25) is 0 Å². The first kappa shape index (κ1) is 11.7. The van der Waals surface area contributed by atoms with Crippen LogP contribution >= 0.6 is 23.2 Å². The number of alkyl halides is 1. The van der Waals surface area contributed by atoms with Crippen molar-refractivity contribution in [3.8, 4) is 0 Å². The Morgan fingerprint density at radius 3 is 2.62 bits per heavy atom. The monoisotopic (exact) mass is 254 g/mol. The summed E-state index contributed by atoms with van der Waals surface area (Å²) in [6.07, 6.45) is 5.46. The Hall–Kier alpha value is -0.800. The minimum absolute atomic E-state index is 0.426. The third-order valence-electron chi connectivity index (χ3n) is 2.64. The van der Waals surface area contributed by atoms with E-state index in [0.29, 0.717) is 5.02 Å². The van der Waals surface area contributed by atoms with Crippen molar-refractivity contribution in [2.24, 2.45) is 11.5 Å². The lowest BCUT2D eigenvalue weighted by molar-refractivity contribution is 0.651. The zero-order valence-electron chi connectivity index (χ0n) is 8.53. The third-order valence-corrected chi connectivity index (χ3v) is 3.43. The number of rotatable bonds is 1. The zero-order valence-corrected chi connectivity index (χ0v) is 10.0. The van der Waals surface area contributed by atoms with E-state index in [0.717, 1.165) is 11.1 Å². The van der Waals surface area contributed by atoms with Crippen molar-refractivity contribution in [1.82, 2.24) is 0 Å². The van der Waals surface area contributed by atoms with E-state index in [9.17, 15) is 0 Å². The van der Waals surface area contributed by atoms with Crippen molar-refractivity contribution in [3.05, 3.63) is 53.1 Å². The van der Waals surface area contributed by atoms with Crippen LogP contribution in [0.3, 0.4) is 0 Å². The molecule has 2 unspecified atom stereocenters. The molecule has 0 aliphatic heterocycles. The summed E-state index contributed by atoms with van der Waals surface area (Å²) < 4.78 is 0. The van der Waals surface area contributed by atoms with E-state index >= 15 is 0 Å². The topological polar surface area (TPSA) is 52.0 Å². The highest BCUT2D eigenvalue weighted by Gasteiger charge is 2.35. The van der Waals surface area contributed by atoms with Gasteiger partial charge in [-0.05, 0) is 17.2 Å². The number of nitrogens with two attached hydrogens (primary N) is 2. The highest BCUT2D eigenvalue weighted by Crippen LogP contribution is 2.37. The fraction of sp³-hybridized carbons (Fsp3) is 0.167. The molecule has 0 aromatic heterocycles. The van der Waals surface area contributed by atoms with E-state index in [1.807, 2.05) is 30.4 Å². The van der Waals surface area contributed by atoms with Gasteiger partial charge < -0.3 is 11.5 Å². The smallest absolute Gasteiger partial charge is 0.136 e. The van der Waals surface area contributed by atoms with Crippen LogP contribution in [0.2, 0.25) is 5.02 Å². The van der Waals surface area contributed by atoms with Crippen LogP contribution in [-0.4, -0.2) is 11.0 Å². The fourth-order valence-corrected chi connectivity index (χ4v) is 2.17. The van der Waals surface area contributed by atoms with Gasteiger partial charge in [0.05, 0.1) is 6.04 Å². The molecule has 1 aliphatic rings. The Kier molecular flexibility index (Phi) is 3.08. The van der Waals surface area contributed by atoms with E-state index < -0.39 is 11.0 Å². The Balaban J connectivity index is 2.53. The molecule has 2 nitrogen and oxygen atoms in total. The summed E-state index contributed by atoms with van der Waals surface area (Å²) in [5.41, 5.74) is 13.5. The van der Waals surface area contributed by atoms with Gasteiger partial charge >= 0.3 is 0 Å². The first-order valence-electron chi connectivity index (χ1n) is 4.90. The molecule has 0 bridgehead atoms. The first-order chi connectivity index (χ1) is 7.53. The van der Waals surface area contributed by atoms with Gasteiger partial charge in [-0.2, -0.15) is 0 Å². The molecule has 1 aliphatic carbocycles. The van der Waals surface area contributed by atoms with Gasteiger partial charge in [0.15, 0.2) is 0 Å². The summed E-state index contributed by atoms with van der Waals surface area (Å²) >= 11 is 12.4. The largest absolute Gasteiger partial charge is 0.322 e. The minimum atomic E-state index is -1.11. The van der Waals surface area contributed by atoms with Crippen molar-refractivity contribution < 1.29 is 0 Å². The highest BCUT2D eigenvalue weighted by atomic mass is 35.5. The van der Waals surface area contributed by atoms with Gasteiger partial charge in [0, 0.05) is 5.02 Å². The third kappa shape index (κ3) is 1.89. The molecule has 84 valence electrons. The summed E-state index contributed by atoms with van der Waals surface area (Å²) in [6, 6.07) is 7.00. The lowest BCUT2D eigenvalue weighted by Crippen LogP contribution is -2.51. The van der Waals surface area contributed by atoms with E-state index in [4.69, 9.17) is 34.7 Å². The van der Waals surface area contributed by atoms with Gasteiger partial charge in [0.25, 0.3) is 0 Å². The van der Waals surface area contributed by atoms with Gasteiger partial charge in [-0.15, -0.1) is 0 Å². The van der Waals surface area contributed by atoms with Crippen LogP contribution in [0.5, 0.6) is 0 Å². The molecule has 4 heteroatoms. The maximum absolute atomic E-state index is 6.27. The summed E-state index contributed by atoms with van der Waals surface area (Å²) in [4.78, 5) is -1.11. The molecule has 2 atom stereocenters. The molecule has 0 saturated heterocycles. The predicted octanol–water partition coefficient (Wildman–Crippen LogP) is 2.51. The summed E-state index contributed by atoms with van der Waals surface area (Å²) in [5, 5.41) is 0.617. The van der Waals surface area contributed by atoms with Crippen LogP contribution in [-0.2, 0) is 0 Å². The second-order valence-electron chi connectivity index (χ2n) is 3.74. The lowest BCUT2D eigenvalue weighted by Gasteiger charge is -2.32. The predicted molar refractivity (Wildman–Crippen MR) is 69.3 cm³/mol. The molecule has 0 fully saturated rings. The molecule has 2 rings (SSSR count). The van der Waals surface area contributed by atoms with Gasteiger partial charge in [-0.25, -0.2) is 0 Å². The molecular weight excluding hydrogens is 243 g/mol. The van der Waals surface area contributed by atoms with Crippen LogP contribution in [0.15, 0.2) is 42.5 Å². The second kappa shape index (κ2) is 4.22. The van der Waals surface area contributed by atoms with Crippen molar-refractivity contribution in [2.45, 2.75) is 11.0 Å². The second-order valence-corrected chi connectivity index (χ2v) is 4.77. The Morgan fingerprint density at radius 2 is 1.94 bits per heavy atom. The van der Waals surface area contributed by atoms with Crippen molar-refractivity contribution in [2.75, 3.05) is 0 Å². The maximum Gasteiger partial charge on any atom is 0.136 e. The molecular formula is C12H12Cl2N2. The van der Waals surface area contributed by atoms with Crippen LogP contribution in [0.1, 0.15) is 5.56 Å². The number of hydrogen-bond acceptors (Lipinski definition) is 2. The molecule has 0 spiro atoms. The average molecular weight is 255 g/mol. The Labute approximate surface area is 105 Å². The van der Waals surface area contributed by atoms with E-state index in [-0.39, 0.29) is 0 Å². The van der Waals surface area contributed by atoms with Gasteiger partial charge in [0.1, 0.15) is 5.00 Å². The molecule has 1 aromatic rings. The molecule has 0 radical (unpaired) electrons. The fourth-order valence-electron chi connectivity index (χ4n) is 1.69. The van der Waals surface area contributed by atoms with Crippen molar-refractivity contribution >= 4 is 28.8 Å². The standard InChI is InChI=1S/C12H12Cl2N2/c13-10-6-2-1-4-8(10)9-5-3-7-11(15)12(9,14)16/h1-7,11H,15-16H2. The number of halogens is 2. The van der Waals surface area contributed by atoms with Gasteiger partial charge in [-0.1, -0.05) is 59.6 Å². The maximum atomic E-state index is 6.27. The molecule has 0 amide bonds. The van der Waals surface area contributed by atoms with Crippen molar-refractivity contribution in [3.63, 3.8) is 0 Å². The first-order valence-corrected chi connectivity index (χ1v) is 5.66. The highest BCUT2D eigenvalue weighted by molar-refractivity contribution is 6.35. The SMILES string of the molecule is NC1C=CC=C(c2ccccc2Cl)C1(N)Cl. The van der Waals surface area contributed by atoms with Crippen LogP contribution in [0.25, 0.3) is 5.57 Å². The average Bonchev–Trinajstić information content (AvgIpc) is 2.24. The minimum Gasteiger partial charge on any atom is -0.322 e. The molecule has 4 N–H and O–H groups in total.